The smallest absolute Gasteiger partial charge is 0.240 e. The Morgan fingerprint density at radius 2 is 2.11 bits per heavy atom. The average molecular weight is 273 g/mol. The molecule has 0 aliphatic rings. The highest BCUT2D eigenvalue weighted by atomic mass is 32.2. The van der Waals surface area contributed by atoms with Crippen LogP contribution in [0.3, 0.4) is 0 Å². The van der Waals surface area contributed by atoms with E-state index >= 15 is 0 Å². The number of hydrogen-bond donors (Lipinski definition) is 2. The Hall–Kier alpha value is -1.11. The number of sulfonamides is 1. The van der Waals surface area contributed by atoms with E-state index in [0.717, 1.165) is 12.0 Å². The third kappa shape index (κ3) is 3.69. The molecule has 0 aromatic heterocycles. The molecule has 0 amide bonds. The molecule has 6 heteroatoms. The second-order valence-electron chi connectivity index (χ2n) is 3.80. The number of hydrogen-bond acceptors (Lipinski definition) is 4. The zero-order valence-corrected chi connectivity index (χ0v) is 11.5. The van der Waals surface area contributed by atoms with Crippen LogP contribution in [0.25, 0.3) is 0 Å². The van der Waals surface area contributed by atoms with Crippen molar-refractivity contribution in [2.45, 2.75) is 24.7 Å². The van der Waals surface area contributed by atoms with E-state index in [0.29, 0.717) is 12.2 Å². The zero-order chi connectivity index (χ0) is 13.6. The Balaban J connectivity index is 2.95. The Kier molecular flexibility index (Phi) is 5.58. The van der Waals surface area contributed by atoms with Gasteiger partial charge in [-0.15, -0.1) is 0 Å². The molecule has 0 atom stereocenters. The van der Waals surface area contributed by atoms with Gasteiger partial charge in [-0.2, -0.15) is 0 Å². The van der Waals surface area contributed by atoms with Crippen molar-refractivity contribution in [3.63, 3.8) is 0 Å². The molecule has 0 saturated carbocycles. The van der Waals surface area contributed by atoms with Gasteiger partial charge in [-0.3, -0.25) is 0 Å². The normalized spacial score (nSPS) is 11.5. The number of rotatable bonds is 7. The molecule has 0 aliphatic carbocycles. The number of aliphatic hydroxyl groups is 1. The minimum absolute atomic E-state index is 0.0411. The van der Waals surface area contributed by atoms with Gasteiger partial charge in [0.05, 0.1) is 12.0 Å². The average Bonchev–Trinajstić information content (AvgIpc) is 2.38. The maximum atomic E-state index is 11.9. The maximum absolute atomic E-state index is 11.9. The largest absolute Gasteiger partial charge is 0.496 e. The summed E-state index contributed by atoms with van der Waals surface area (Å²) in [4.78, 5) is 0.175. The van der Waals surface area contributed by atoms with Crippen LogP contribution in [-0.2, 0) is 16.4 Å². The molecular weight excluding hydrogens is 254 g/mol. The van der Waals surface area contributed by atoms with Crippen LogP contribution in [0.5, 0.6) is 5.75 Å². The fraction of sp³-hybridized carbons (Fsp3) is 0.500. The molecule has 0 radical (unpaired) electrons. The lowest BCUT2D eigenvalue weighted by molar-refractivity contribution is 0.289. The molecule has 0 aliphatic heterocycles. The van der Waals surface area contributed by atoms with E-state index in [4.69, 9.17) is 9.84 Å². The molecule has 1 aromatic rings. The summed E-state index contributed by atoms with van der Waals surface area (Å²) in [5, 5.41) is 8.63. The van der Waals surface area contributed by atoms with Gasteiger partial charge in [0.25, 0.3) is 0 Å². The van der Waals surface area contributed by atoms with Crippen LogP contribution in [0.4, 0.5) is 0 Å². The van der Waals surface area contributed by atoms with Crippen LogP contribution < -0.4 is 9.46 Å². The molecule has 0 fully saturated rings. The van der Waals surface area contributed by atoms with Crippen molar-refractivity contribution in [1.82, 2.24) is 4.72 Å². The van der Waals surface area contributed by atoms with Crippen LogP contribution in [0.15, 0.2) is 23.1 Å². The number of benzene rings is 1. The molecule has 0 heterocycles. The standard InChI is InChI=1S/C12H19NO4S/c1-3-10-5-6-11(9-12(10)17-2)18(15,16)13-7-4-8-14/h5-6,9,13-14H,3-4,7-8H2,1-2H3. The van der Waals surface area contributed by atoms with E-state index in [9.17, 15) is 8.42 Å². The van der Waals surface area contributed by atoms with Gasteiger partial charge in [0, 0.05) is 19.2 Å². The fourth-order valence-corrected chi connectivity index (χ4v) is 2.64. The molecule has 5 nitrogen and oxygen atoms in total. The molecule has 102 valence electrons. The lowest BCUT2D eigenvalue weighted by Crippen LogP contribution is -2.25. The molecule has 0 spiro atoms. The quantitative estimate of drug-likeness (QED) is 0.724. The fourth-order valence-electron chi connectivity index (χ4n) is 1.55. The first-order chi connectivity index (χ1) is 8.55. The van der Waals surface area contributed by atoms with Crippen molar-refractivity contribution in [3.05, 3.63) is 23.8 Å². The summed E-state index contributed by atoms with van der Waals surface area (Å²) < 4.78 is 31.4. The summed E-state index contributed by atoms with van der Waals surface area (Å²) in [5.41, 5.74) is 0.965. The summed E-state index contributed by atoms with van der Waals surface area (Å²) in [6.45, 7) is 2.16. The van der Waals surface area contributed by atoms with Gasteiger partial charge in [-0.1, -0.05) is 13.0 Å². The predicted molar refractivity (Wildman–Crippen MR) is 69.3 cm³/mol. The monoisotopic (exact) mass is 273 g/mol. The minimum atomic E-state index is -3.53. The summed E-state index contributed by atoms with van der Waals surface area (Å²) >= 11 is 0. The van der Waals surface area contributed by atoms with E-state index in [1.807, 2.05) is 6.92 Å². The number of aliphatic hydroxyl groups excluding tert-OH is 1. The number of methoxy groups -OCH3 is 1. The van der Waals surface area contributed by atoms with Gasteiger partial charge in [0.1, 0.15) is 5.75 Å². The van der Waals surface area contributed by atoms with Crippen LogP contribution in [0, 0.1) is 0 Å². The third-order valence-corrected chi connectivity index (χ3v) is 4.04. The van der Waals surface area contributed by atoms with Crippen molar-refractivity contribution < 1.29 is 18.3 Å². The first-order valence-corrected chi connectivity index (χ1v) is 7.31. The highest BCUT2D eigenvalue weighted by Crippen LogP contribution is 2.23. The molecule has 0 unspecified atom stereocenters. The van der Waals surface area contributed by atoms with Crippen molar-refractivity contribution >= 4 is 10.0 Å². The van der Waals surface area contributed by atoms with Gasteiger partial charge in [0.2, 0.25) is 10.0 Å². The Bertz CT molecular complexity index is 485. The van der Waals surface area contributed by atoms with Crippen molar-refractivity contribution in [2.75, 3.05) is 20.3 Å². The predicted octanol–water partition coefficient (Wildman–Crippen LogP) is 0.918. The molecule has 2 N–H and O–H groups in total. The van der Waals surface area contributed by atoms with Crippen molar-refractivity contribution in [2.24, 2.45) is 0 Å². The maximum Gasteiger partial charge on any atom is 0.240 e. The summed E-state index contributed by atoms with van der Waals surface area (Å²) in [6, 6.07) is 4.82. The minimum Gasteiger partial charge on any atom is -0.496 e. The molecule has 0 bridgehead atoms. The van der Waals surface area contributed by atoms with E-state index in [1.54, 1.807) is 12.1 Å². The van der Waals surface area contributed by atoms with Crippen molar-refractivity contribution in [1.29, 1.82) is 0 Å². The summed E-state index contributed by atoms with van der Waals surface area (Å²) in [7, 11) is -2.01. The van der Waals surface area contributed by atoms with Crippen LogP contribution in [-0.4, -0.2) is 33.8 Å². The van der Waals surface area contributed by atoms with E-state index in [1.165, 1.54) is 13.2 Å². The van der Waals surface area contributed by atoms with Crippen LogP contribution in [0.1, 0.15) is 18.9 Å². The first-order valence-electron chi connectivity index (χ1n) is 5.82. The third-order valence-electron chi connectivity index (χ3n) is 2.58. The molecule has 18 heavy (non-hydrogen) atoms. The Morgan fingerprint density at radius 1 is 1.39 bits per heavy atom. The van der Waals surface area contributed by atoms with Gasteiger partial charge in [-0.05, 0) is 24.5 Å². The van der Waals surface area contributed by atoms with Crippen LogP contribution in [0.2, 0.25) is 0 Å². The number of nitrogens with one attached hydrogen (secondary N) is 1. The Labute approximate surface area is 108 Å². The van der Waals surface area contributed by atoms with E-state index in [2.05, 4.69) is 4.72 Å². The van der Waals surface area contributed by atoms with Crippen molar-refractivity contribution in [3.8, 4) is 5.75 Å². The second kappa shape index (κ2) is 6.72. The van der Waals surface area contributed by atoms with Gasteiger partial charge >= 0.3 is 0 Å². The Morgan fingerprint density at radius 3 is 2.67 bits per heavy atom. The molecular formula is C12H19NO4S. The SMILES string of the molecule is CCc1ccc(S(=O)(=O)NCCCO)cc1OC. The lowest BCUT2D eigenvalue weighted by Gasteiger charge is -2.10. The number of aryl methyl sites for hydroxylation is 1. The second-order valence-corrected chi connectivity index (χ2v) is 5.57. The summed E-state index contributed by atoms with van der Waals surface area (Å²) in [6.07, 6.45) is 1.17. The van der Waals surface area contributed by atoms with E-state index in [-0.39, 0.29) is 18.0 Å². The van der Waals surface area contributed by atoms with Gasteiger partial charge in [0.15, 0.2) is 0 Å². The lowest BCUT2D eigenvalue weighted by atomic mass is 10.1. The van der Waals surface area contributed by atoms with E-state index < -0.39 is 10.0 Å². The first kappa shape index (κ1) is 14.9. The van der Waals surface area contributed by atoms with Crippen LogP contribution >= 0.6 is 0 Å². The molecule has 1 aromatic carbocycles. The highest BCUT2D eigenvalue weighted by Gasteiger charge is 2.15. The van der Waals surface area contributed by atoms with Gasteiger partial charge < -0.3 is 9.84 Å². The zero-order valence-electron chi connectivity index (χ0n) is 10.6. The molecule has 0 saturated heterocycles. The topological polar surface area (TPSA) is 75.6 Å². The summed E-state index contributed by atoms with van der Waals surface area (Å²) in [5.74, 6) is 0.572. The highest BCUT2D eigenvalue weighted by molar-refractivity contribution is 7.89. The number of ether oxygens (including phenoxy) is 1. The van der Waals surface area contributed by atoms with Gasteiger partial charge in [-0.25, -0.2) is 13.1 Å². The molecule has 1 rings (SSSR count).